The number of carboxylic acids is 1. The summed E-state index contributed by atoms with van der Waals surface area (Å²) in [5.41, 5.74) is 3.83. The van der Waals surface area contributed by atoms with Crippen LogP contribution in [0.1, 0.15) is 54.4 Å². The monoisotopic (exact) mass is 553 g/mol. The Bertz CT molecular complexity index is 1290. The molecule has 0 aliphatic rings. The van der Waals surface area contributed by atoms with Gasteiger partial charge >= 0.3 is 5.97 Å². The van der Waals surface area contributed by atoms with Gasteiger partial charge in [-0.1, -0.05) is 55.7 Å². The van der Waals surface area contributed by atoms with E-state index in [4.69, 9.17) is 5.11 Å². The van der Waals surface area contributed by atoms with Crippen LogP contribution in [0.5, 0.6) is 0 Å². The third kappa shape index (κ3) is 9.99. The molecule has 0 bridgehead atoms. The summed E-state index contributed by atoms with van der Waals surface area (Å²) in [6.07, 6.45) is 7.99. The van der Waals surface area contributed by atoms with E-state index in [9.17, 15) is 18.0 Å². The molecule has 0 fully saturated rings. The molecule has 202 valence electrons. The van der Waals surface area contributed by atoms with E-state index in [0.29, 0.717) is 10.5 Å². The van der Waals surface area contributed by atoms with Gasteiger partial charge in [-0.15, -0.1) is 11.8 Å². The average molecular weight is 554 g/mol. The first-order valence-electron chi connectivity index (χ1n) is 12.8. The van der Waals surface area contributed by atoms with Gasteiger partial charge < -0.3 is 10.4 Å². The molecule has 0 saturated heterocycles. The Morgan fingerprint density at radius 3 is 1.97 bits per heavy atom. The van der Waals surface area contributed by atoms with Crippen LogP contribution in [-0.4, -0.2) is 44.0 Å². The van der Waals surface area contributed by atoms with Gasteiger partial charge in [0.15, 0.2) is 9.84 Å². The Labute approximate surface area is 229 Å². The summed E-state index contributed by atoms with van der Waals surface area (Å²) < 4.78 is 23.2. The van der Waals surface area contributed by atoms with Gasteiger partial charge in [-0.3, -0.25) is 9.59 Å². The molecule has 3 rings (SSSR count). The zero-order chi connectivity index (χ0) is 27.4. The highest BCUT2D eigenvalue weighted by molar-refractivity contribution is 7.99. The van der Waals surface area contributed by atoms with Crippen molar-refractivity contribution in [2.75, 3.05) is 18.6 Å². The summed E-state index contributed by atoms with van der Waals surface area (Å²) in [6.45, 7) is 0.131. The number of sulfone groups is 1. The SMILES string of the molecule is CS(=O)(=O)c1ccc(-c2ccc(SCCCCCCCc3ccc(C(=O)NCCC(=O)O)cc3)cc2)cc1. The van der Waals surface area contributed by atoms with Gasteiger partial charge in [-0.25, -0.2) is 8.42 Å². The van der Waals surface area contributed by atoms with Crippen LogP contribution < -0.4 is 5.32 Å². The first-order chi connectivity index (χ1) is 18.2. The number of amides is 1. The number of aliphatic carboxylic acids is 1. The molecule has 38 heavy (non-hydrogen) atoms. The van der Waals surface area contributed by atoms with Crippen molar-refractivity contribution < 1.29 is 23.1 Å². The molecule has 0 saturated carbocycles. The van der Waals surface area contributed by atoms with Crippen molar-refractivity contribution in [2.24, 2.45) is 0 Å². The lowest BCUT2D eigenvalue weighted by atomic mass is 10.0. The molecule has 6 nitrogen and oxygen atoms in total. The average Bonchev–Trinajstić information content (AvgIpc) is 2.90. The van der Waals surface area contributed by atoms with Crippen molar-refractivity contribution in [1.29, 1.82) is 0 Å². The van der Waals surface area contributed by atoms with Crippen molar-refractivity contribution >= 4 is 33.5 Å². The van der Waals surface area contributed by atoms with Crippen molar-refractivity contribution in [3.05, 3.63) is 83.9 Å². The molecule has 8 heteroatoms. The molecule has 0 unspecified atom stereocenters. The molecular formula is C30H35NO5S2. The van der Waals surface area contributed by atoms with E-state index in [1.165, 1.54) is 42.4 Å². The first kappa shape index (κ1) is 29.5. The minimum atomic E-state index is -3.18. The molecule has 2 N–H and O–H groups in total. The molecule has 3 aromatic rings. The van der Waals surface area contributed by atoms with Gasteiger partial charge in [0, 0.05) is 23.3 Å². The van der Waals surface area contributed by atoms with E-state index < -0.39 is 15.8 Å². The number of hydrogen-bond acceptors (Lipinski definition) is 5. The van der Waals surface area contributed by atoms with E-state index in [2.05, 4.69) is 29.6 Å². The minimum Gasteiger partial charge on any atom is -0.481 e. The minimum absolute atomic E-state index is 0.0806. The topological polar surface area (TPSA) is 101 Å². The molecule has 0 aromatic heterocycles. The molecule has 0 aliphatic carbocycles. The van der Waals surface area contributed by atoms with Crippen LogP contribution in [0.2, 0.25) is 0 Å². The first-order valence-corrected chi connectivity index (χ1v) is 15.7. The van der Waals surface area contributed by atoms with Crippen LogP contribution >= 0.6 is 11.8 Å². The normalized spacial score (nSPS) is 11.3. The highest BCUT2D eigenvalue weighted by atomic mass is 32.2. The van der Waals surface area contributed by atoms with Crippen LogP contribution in [0.25, 0.3) is 11.1 Å². The molecule has 0 aliphatic heterocycles. The van der Waals surface area contributed by atoms with E-state index in [1.54, 1.807) is 24.3 Å². The number of aryl methyl sites for hydroxylation is 1. The standard InChI is InChI=1S/C30H35NO5S2/c1-38(35,36)28-18-14-25(15-19-28)24-12-16-27(17-13-24)37-22-6-4-2-3-5-7-23-8-10-26(11-9-23)30(34)31-21-20-29(32)33/h8-19H,2-7,20-22H2,1H3,(H,31,34)(H,32,33). The molecule has 1 amide bonds. The Morgan fingerprint density at radius 1 is 0.789 bits per heavy atom. The molecule has 3 aromatic carbocycles. The van der Waals surface area contributed by atoms with E-state index in [1.807, 2.05) is 36.0 Å². The van der Waals surface area contributed by atoms with Crippen LogP contribution in [-0.2, 0) is 21.1 Å². The molecule has 0 heterocycles. The molecule has 0 radical (unpaired) electrons. The van der Waals surface area contributed by atoms with Crippen molar-refractivity contribution in [1.82, 2.24) is 5.32 Å². The second-order valence-corrected chi connectivity index (χ2v) is 12.5. The lowest BCUT2D eigenvalue weighted by Crippen LogP contribution is -2.25. The Hall–Kier alpha value is -3.10. The van der Waals surface area contributed by atoms with Gasteiger partial charge in [-0.2, -0.15) is 0 Å². The summed E-state index contributed by atoms with van der Waals surface area (Å²) >= 11 is 1.86. The number of carboxylic acid groups (broad SMARTS) is 1. The van der Waals surface area contributed by atoms with E-state index in [-0.39, 0.29) is 18.9 Å². The van der Waals surface area contributed by atoms with Crippen LogP contribution in [0.4, 0.5) is 0 Å². The molecular weight excluding hydrogens is 518 g/mol. The van der Waals surface area contributed by atoms with Crippen LogP contribution in [0.3, 0.4) is 0 Å². The maximum absolute atomic E-state index is 12.0. The Balaban J connectivity index is 1.27. The van der Waals surface area contributed by atoms with Gasteiger partial charge in [0.1, 0.15) is 0 Å². The number of rotatable bonds is 15. The van der Waals surface area contributed by atoms with Gasteiger partial charge in [-0.05, 0) is 78.1 Å². The third-order valence-corrected chi connectivity index (χ3v) is 8.42. The quantitative estimate of drug-likeness (QED) is 0.171. The molecule has 0 atom stereocenters. The summed E-state index contributed by atoms with van der Waals surface area (Å²) in [6, 6.07) is 22.9. The summed E-state index contributed by atoms with van der Waals surface area (Å²) in [5, 5.41) is 11.3. The molecule has 0 spiro atoms. The number of unbranched alkanes of at least 4 members (excludes halogenated alkanes) is 4. The summed E-state index contributed by atoms with van der Waals surface area (Å²) in [5.74, 6) is -0.0881. The zero-order valence-electron chi connectivity index (χ0n) is 21.7. The van der Waals surface area contributed by atoms with Gasteiger partial charge in [0.05, 0.1) is 11.3 Å². The third-order valence-electron chi connectivity index (χ3n) is 6.19. The lowest BCUT2D eigenvalue weighted by molar-refractivity contribution is -0.136. The summed E-state index contributed by atoms with van der Waals surface area (Å²) in [7, 11) is -3.18. The maximum Gasteiger partial charge on any atom is 0.305 e. The predicted octanol–water partition coefficient (Wildman–Crippen LogP) is 6.25. The van der Waals surface area contributed by atoms with Crippen LogP contribution in [0, 0.1) is 0 Å². The fourth-order valence-corrected chi connectivity index (χ4v) is 5.54. The van der Waals surface area contributed by atoms with Crippen molar-refractivity contribution in [3.8, 4) is 11.1 Å². The smallest absolute Gasteiger partial charge is 0.305 e. The number of carbonyl (C=O) groups is 2. The Kier molecular flexibility index (Phi) is 11.4. The Morgan fingerprint density at radius 2 is 1.37 bits per heavy atom. The van der Waals surface area contributed by atoms with Crippen molar-refractivity contribution in [2.45, 2.75) is 54.7 Å². The van der Waals surface area contributed by atoms with E-state index >= 15 is 0 Å². The highest BCUT2D eigenvalue weighted by Gasteiger charge is 2.08. The lowest BCUT2D eigenvalue weighted by Gasteiger charge is -2.07. The fraction of sp³-hybridized carbons (Fsp3) is 0.333. The van der Waals surface area contributed by atoms with E-state index in [0.717, 1.165) is 29.7 Å². The zero-order valence-corrected chi connectivity index (χ0v) is 23.3. The number of benzene rings is 3. The number of carbonyl (C=O) groups excluding carboxylic acids is 1. The summed E-state index contributed by atoms with van der Waals surface area (Å²) in [4.78, 5) is 24.1. The van der Waals surface area contributed by atoms with Crippen LogP contribution in [0.15, 0.2) is 82.6 Å². The maximum atomic E-state index is 12.0. The second-order valence-electron chi connectivity index (χ2n) is 9.28. The second kappa shape index (κ2) is 14.7. The van der Waals surface area contributed by atoms with Crippen molar-refractivity contribution in [3.63, 3.8) is 0 Å². The largest absolute Gasteiger partial charge is 0.481 e. The fourth-order valence-electron chi connectivity index (χ4n) is 4.00. The number of thioether (sulfide) groups is 1. The number of nitrogens with one attached hydrogen (secondary N) is 1. The predicted molar refractivity (Wildman–Crippen MR) is 154 cm³/mol. The van der Waals surface area contributed by atoms with Gasteiger partial charge in [0.2, 0.25) is 0 Å². The highest BCUT2D eigenvalue weighted by Crippen LogP contribution is 2.26. The van der Waals surface area contributed by atoms with Gasteiger partial charge in [0.25, 0.3) is 5.91 Å². The number of hydrogen-bond donors (Lipinski definition) is 2.